The van der Waals surface area contributed by atoms with Crippen molar-refractivity contribution in [3.8, 4) is 11.5 Å². The van der Waals surface area contributed by atoms with Crippen LogP contribution in [0, 0.1) is 5.92 Å². The van der Waals surface area contributed by atoms with Gasteiger partial charge in [0.15, 0.2) is 5.03 Å². The Labute approximate surface area is 177 Å². The van der Waals surface area contributed by atoms with Gasteiger partial charge in [-0.1, -0.05) is 0 Å². The van der Waals surface area contributed by atoms with Crippen LogP contribution in [0.25, 0.3) is 0 Å². The molecule has 0 bridgehead atoms. The zero-order valence-electron chi connectivity index (χ0n) is 17.7. The third-order valence-corrected chi connectivity index (χ3v) is 6.95. The lowest BCUT2D eigenvalue weighted by Crippen LogP contribution is -2.43. The van der Waals surface area contributed by atoms with E-state index in [-0.39, 0.29) is 23.5 Å². The Kier molecular flexibility index (Phi) is 6.67. The molecule has 1 aromatic carbocycles. The van der Waals surface area contributed by atoms with E-state index in [0.29, 0.717) is 36.6 Å². The number of amides is 1. The van der Waals surface area contributed by atoms with Gasteiger partial charge in [-0.15, -0.1) is 0 Å². The summed E-state index contributed by atoms with van der Waals surface area (Å²) in [6.07, 6.45) is 4.26. The number of nitrogens with zero attached hydrogens (tertiary/aromatic N) is 3. The van der Waals surface area contributed by atoms with Gasteiger partial charge >= 0.3 is 0 Å². The zero-order valence-corrected chi connectivity index (χ0v) is 18.5. The van der Waals surface area contributed by atoms with E-state index < -0.39 is 15.9 Å². The molecule has 0 radical (unpaired) electrons. The molecule has 1 aliphatic heterocycles. The summed E-state index contributed by atoms with van der Waals surface area (Å²) in [5, 5.41) is 2.86. The first-order valence-electron chi connectivity index (χ1n) is 9.82. The van der Waals surface area contributed by atoms with Crippen LogP contribution in [0.3, 0.4) is 0 Å². The fourth-order valence-electron chi connectivity index (χ4n) is 3.38. The number of hydrogen-bond donors (Lipinski definition) is 1. The highest BCUT2D eigenvalue weighted by Crippen LogP contribution is 2.30. The molecule has 0 unspecified atom stereocenters. The molecule has 1 amide bonds. The quantitative estimate of drug-likeness (QED) is 0.715. The number of piperidine rings is 1. The van der Waals surface area contributed by atoms with Gasteiger partial charge in [0.05, 0.1) is 32.2 Å². The molecule has 0 saturated carbocycles. The number of carbonyl (C=O) groups excluding carboxylic acids is 1. The largest absolute Gasteiger partial charge is 0.497 e. The summed E-state index contributed by atoms with van der Waals surface area (Å²) >= 11 is 0. The lowest BCUT2D eigenvalue weighted by Gasteiger charge is -2.30. The predicted molar refractivity (Wildman–Crippen MR) is 112 cm³/mol. The number of rotatable bonds is 7. The normalized spacial score (nSPS) is 17.7. The number of imidazole rings is 1. The standard InChI is InChI=1S/C20H28N4O5S/c1-14(2)23-12-19(21-13-23)30(26,27)24-9-5-6-15(11-24)20(25)22-17-8-7-16(28-3)10-18(17)29-4/h7-8,10,12-15H,5-6,9,11H2,1-4H3,(H,22,25)/t15-/m1/s1. The highest BCUT2D eigenvalue weighted by molar-refractivity contribution is 7.89. The first kappa shape index (κ1) is 22.1. The van der Waals surface area contributed by atoms with Crippen LogP contribution in [0.2, 0.25) is 0 Å². The molecule has 1 aliphatic rings. The molecule has 9 nitrogen and oxygen atoms in total. The van der Waals surface area contributed by atoms with Crippen molar-refractivity contribution >= 4 is 21.6 Å². The molecule has 2 aromatic rings. The van der Waals surface area contributed by atoms with E-state index in [1.807, 2.05) is 13.8 Å². The third kappa shape index (κ3) is 4.59. The second kappa shape index (κ2) is 9.05. The predicted octanol–water partition coefficient (Wildman–Crippen LogP) is 2.52. The molecule has 164 valence electrons. The summed E-state index contributed by atoms with van der Waals surface area (Å²) in [6.45, 7) is 4.38. The van der Waals surface area contributed by atoms with E-state index in [2.05, 4.69) is 10.3 Å². The number of anilines is 1. The van der Waals surface area contributed by atoms with Crippen LogP contribution >= 0.6 is 0 Å². The second-order valence-corrected chi connectivity index (χ2v) is 9.40. The van der Waals surface area contributed by atoms with Gasteiger partial charge in [0.25, 0.3) is 10.0 Å². The Hall–Kier alpha value is -2.59. The number of hydrogen-bond acceptors (Lipinski definition) is 6. The van der Waals surface area contributed by atoms with Crippen LogP contribution < -0.4 is 14.8 Å². The van der Waals surface area contributed by atoms with E-state index in [1.54, 1.807) is 29.9 Å². The van der Waals surface area contributed by atoms with Crippen molar-refractivity contribution in [2.45, 2.75) is 37.8 Å². The number of aromatic nitrogens is 2. The first-order valence-corrected chi connectivity index (χ1v) is 11.3. The molecule has 3 rings (SSSR count). The van der Waals surface area contributed by atoms with Crippen LogP contribution in [0.1, 0.15) is 32.7 Å². The van der Waals surface area contributed by atoms with Crippen LogP contribution in [0.4, 0.5) is 5.69 Å². The summed E-state index contributed by atoms with van der Waals surface area (Å²) in [7, 11) is -0.696. The Bertz CT molecular complexity index is 1000. The summed E-state index contributed by atoms with van der Waals surface area (Å²) in [6, 6.07) is 5.21. The Morgan fingerprint density at radius 3 is 2.67 bits per heavy atom. The number of sulfonamides is 1. The minimum atomic E-state index is -3.76. The van der Waals surface area contributed by atoms with E-state index in [0.717, 1.165) is 0 Å². The van der Waals surface area contributed by atoms with Crippen LogP contribution in [0.15, 0.2) is 35.7 Å². The van der Waals surface area contributed by atoms with Gasteiger partial charge in [0.1, 0.15) is 11.5 Å². The van der Waals surface area contributed by atoms with Gasteiger partial charge < -0.3 is 19.4 Å². The maximum absolute atomic E-state index is 13.0. The molecular formula is C20H28N4O5S. The number of carbonyl (C=O) groups is 1. The molecule has 1 atom stereocenters. The number of ether oxygens (including phenoxy) is 2. The van der Waals surface area contributed by atoms with Crippen LogP contribution in [0.5, 0.6) is 11.5 Å². The number of nitrogens with one attached hydrogen (secondary N) is 1. The summed E-state index contributed by atoms with van der Waals surface area (Å²) in [5.74, 6) is 0.376. The molecule has 2 heterocycles. The first-order chi connectivity index (χ1) is 14.3. The van der Waals surface area contributed by atoms with Crippen molar-refractivity contribution in [1.29, 1.82) is 0 Å². The molecule has 1 N–H and O–H groups in total. The Morgan fingerprint density at radius 1 is 1.27 bits per heavy atom. The van der Waals surface area contributed by atoms with E-state index in [1.165, 1.54) is 23.9 Å². The maximum atomic E-state index is 13.0. The van der Waals surface area contributed by atoms with Crippen LogP contribution in [-0.4, -0.2) is 55.5 Å². The average Bonchev–Trinajstić information content (AvgIpc) is 3.25. The minimum absolute atomic E-state index is 0.00841. The van der Waals surface area contributed by atoms with Gasteiger partial charge in [-0.05, 0) is 38.8 Å². The van der Waals surface area contributed by atoms with Crippen molar-refractivity contribution in [2.75, 3.05) is 32.6 Å². The molecule has 10 heteroatoms. The molecular weight excluding hydrogens is 408 g/mol. The monoisotopic (exact) mass is 436 g/mol. The number of benzene rings is 1. The van der Waals surface area contributed by atoms with Crippen molar-refractivity contribution < 1.29 is 22.7 Å². The molecule has 30 heavy (non-hydrogen) atoms. The lowest BCUT2D eigenvalue weighted by atomic mass is 9.98. The third-order valence-electron chi connectivity index (χ3n) is 5.20. The van der Waals surface area contributed by atoms with Crippen molar-refractivity contribution in [3.63, 3.8) is 0 Å². The average molecular weight is 437 g/mol. The highest BCUT2D eigenvalue weighted by atomic mass is 32.2. The SMILES string of the molecule is COc1ccc(NC(=O)[C@@H]2CCCN(S(=O)(=O)c3cn(C(C)C)cn3)C2)c(OC)c1. The minimum Gasteiger partial charge on any atom is -0.497 e. The number of methoxy groups -OCH3 is 2. The van der Waals surface area contributed by atoms with Gasteiger partial charge in [0, 0.05) is 31.4 Å². The molecule has 0 aliphatic carbocycles. The van der Waals surface area contributed by atoms with Gasteiger partial charge in [-0.2, -0.15) is 4.31 Å². The van der Waals surface area contributed by atoms with E-state index in [9.17, 15) is 13.2 Å². The highest BCUT2D eigenvalue weighted by Gasteiger charge is 2.34. The zero-order chi connectivity index (χ0) is 21.9. The Morgan fingerprint density at radius 2 is 2.03 bits per heavy atom. The van der Waals surface area contributed by atoms with Gasteiger partial charge in [0.2, 0.25) is 5.91 Å². The Balaban J connectivity index is 1.73. The summed E-state index contributed by atoms with van der Waals surface area (Å²) in [5.41, 5.74) is 0.513. The van der Waals surface area contributed by atoms with Crippen molar-refractivity contribution in [1.82, 2.24) is 13.9 Å². The molecule has 1 aromatic heterocycles. The second-order valence-electron chi connectivity index (χ2n) is 7.51. The fourth-order valence-corrected chi connectivity index (χ4v) is 4.82. The lowest BCUT2D eigenvalue weighted by molar-refractivity contribution is -0.120. The van der Waals surface area contributed by atoms with Crippen molar-refractivity contribution in [2.24, 2.45) is 5.92 Å². The van der Waals surface area contributed by atoms with E-state index >= 15 is 0 Å². The van der Waals surface area contributed by atoms with Crippen LogP contribution in [-0.2, 0) is 14.8 Å². The molecule has 0 spiro atoms. The molecule has 1 fully saturated rings. The van der Waals surface area contributed by atoms with E-state index in [4.69, 9.17) is 9.47 Å². The summed E-state index contributed by atoms with van der Waals surface area (Å²) in [4.78, 5) is 16.9. The molecule has 1 saturated heterocycles. The summed E-state index contributed by atoms with van der Waals surface area (Å²) < 4.78 is 39.6. The van der Waals surface area contributed by atoms with Gasteiger partial charge in [-0.25, -0.2) is 13.4 Å². The van der Waals surface area contributed by atoms with Gasteiger partial charge in [-0.3, -0.25) is 4.79 Å². The maximum Gasteiger partial charge on any atom is 0.262 e. The van der Waals surface area contributed by atoms with Crippen molar-refractivity contribution in [3.05, 3.63) is 30.7 Å². The topological polar surface area (TPSA) is 103 Å². The smallest absolute Gasteiger partial charge is 0.262 e. The fraction of sp³-hybridized carbons (Fsp3) is 0.500.